The van der Waals surface area contributed by atoms with Crippen LogP contribution in [0.1, 0.15) is 31.7 Å². The van der Waals surface area contributed by atoms with Crippen molar-refractivity contribution < 1.29 is 4.42 Å². The Hall–Kier alpha value is -7.76. The van der Waals surface area contributed by atoms with Gasteiger partial charge in [-0.15, -0.1) is 0 Å². The molecule has 2 aliphatic heterocycles. The Morgan fingerprint density at radius 1 is 0.547 bits per heavy atom. The molecule has 0 aliphatic carbocycles. The van der Waals surface area contributed by atoms with E-state index in [1.54, 1.807) is 0 Å². The molecule has 0 fully saturated rings. The summed E-state index contributed by atoms with van der Waals surface area (Å²) in [6, 6.07) is 73.6. The maximum atomic E-state index is 7.39. The number of benzene rings is 9. The molecule has 4 heterocycles. The molecule has 64 heavy (non-hydrogen) atoms. The zero-order valence-electron chi connectivity index (χ0n) is 35.7. The summed E-state index contributed by atoms with van der Waals surface area (Å²) >= 11 is 0. The van der Waals surface area contributed by atoms with Gasteiger partial charge in [0, 0.05) is 49.9 Å². The third-order valence-corrected chi connectivity index (χ3v) is 13.7. The molecule has 304 valence electrons. The van der Waals surface area contributed by atoms with Gasteiger partial charge in [-0.05, 0) is 107 Å². The van der Waals surface area contributed by atoms with Gasteiger partial charge in [0.15, 0.2) is 0 Å². The lowest BCUT2D eigenvalue weighted by molar-refractivity contribution is 0.648. The van der Waals surface area contributed by atoms with Crippen molar-refractivity contribution in [1.29, 1.82) is 0 Å². The van der Waals surface area contributed by atoms with Crippen molar-refractivity contribution in [3.05, 3.63) is 206 Å². The summed E-state index contributed by atoms with van der Waals surface area (Å²) in [6.07, 6.45) is 4.75. The molecule has 0 unspecified atom stereocenters. The number of hydrogen-bond acceptors (Lipinski definition) is 3. The van der Waals surface area contributed by atoms with Crippen molar-refractivity contribution in [2.24, 2.45) is 0 Å². The lowest BCUT2D eigenvalue weighted by Crippen LogP contribution is -2.60. The number of fused-ring (bicyclic) bond motifs is 12. The number of nitrogens with zero attached hydrogens (tertiary/aromatic N) is 3. The van der Waals surface area contributed by atoms with Gasteiger partial charge in [0.1, 0.15) is 11.2 Å². The second-order valence-electron chi connectivity index (χ2n) is 17.4. The molecule has 0 radical (unpaired) electrons. The first-order valence-corrected chi connectivity index (χ1v) is 22.8. The van der Waals surface area contributed by atoms with Crippen LogP contribution in [0.15, 0.2) is 205 Å². The molecule has 0 N–H and O–H groups in total. The molecular weight excluding hydrogens is 777 g/mol. The number of aryl methyl sites for hydroxylation is 1. The zero-order valence-corrected chi connectivity index (χ0v) is 35.7. The van der Waals surface area contributed by atoms with E-state index in [9.17, 15) is 0 Å². The summed E-state index contributed by atoms with van der Waals surface area (Å²) in [7, 11) is 0. The molecule has 4 nitrogen and oxygen atoms in total. The first kappa shape index (κ1) is 36.9. The van der Waals surface area contributed by atoms with Gasteiger partial charge in [0.2, 0.25) is 0 Å². The van der Waals surface area contributed by atoms with Gasteiger partial charge in [-0.1, -0.05) is 159 Å². The lowest BCUT2D eigenvalue weighted by Gasteiger charge is -2.41. The van der Waals surface area contributed by atoms with Gasteiger partial charge in [0.05, 0.1) is 22.4 Å². The molecular formula is C59H44BN3O. The standard InChI is InChI=1S/C59H44BN3O/c1-2-3-7-18-39-29-33-45(34-30-39)63-51-28-17-16-27-47(51)49-38-52(61(43-22-10-5-11-23-43)44-24-12-6-13-25-44)54-48-35-31-41-21-14-15-26-46(41)56(48)62-57-50-37-42(40-19-8-4-9-20-40)32-36-53(50)64-59(57)60(63)55(49)58(54)62/h4-6,8-17,19-38H,2-3,7,18H2,1H3. The quantitative estimate of drug-likeness (QED) is 0.107. The number of para-hydroxylation sites is 3. The maximum absolute atomic E-state index is 7.39. The van der Waals surface area contributed by atoms with Gasteiger partial charge < -0.3 is 18.7 Å². The van der Waals surface area contributed by atoms with Crippen molar-refractivity contribution in [2.75, 3.05) is 9.71 Å². The highest BCUT2D eigenvalue weighted by molar-refractivity contribution is 6.93. The summed E-state index contributed by atoms with van der Waals surface area (Å²) in [5.41, 5.74) is 18.5. The van der Waals surface area contributed by atoms with Crippen LogP contribution in [-0.4, -0.2) is 11.4 Å². The normalized spacial score (nSPS) is 12.6. The minimum Gasteiger partial charge on any atom is -0.466 e. The van der Waals surface area contributed by atoms with Crippen molar-refractivity contribution in [3.8, 4) is 27.9 Å². The highest BCUT2D eigenvalue weighted by Crippen LogP contribution is 2.52. The van der Waals surface area contributed by atoms with E-state index in [0.717, 1.165) is 51.5 Å². The summed E-state index contributed by atoms with van der Waals surface area (Å²) in [5, 5.41) is 5.97. The molecule has 13 rings (SSSR count). The fourth-order valence-corrected chi connectivity index (χ4v) is 10.9. The molecule has 0 saturated heterocycles. The van der Waals surface area contributed by atoms with E-state index in [1.807, 2.05) is 0 Å². The fourth-order valence-electron chi connectivity index (χ4n) is 10.9. The zero-order chi connectivity index (χ0) is 42.3. The minimum atomic E-state index is -0.250. The summed E-state index contributed by atoms with van der Waals surface area (Å²) in [5.74, 6) is 0. The lowest BCUT2D eigenvalue weighted by atomic mass is 9.46. The Balaban J connectivity index is 1.21. The number of anilines is 5. The molecule has 2 aromatic heterocycles. The molecule has 2 aliphatic rings. The highest BCUT2D eigenvalue weighted by Gasteiger charge is 2.48. The van der Waals surface area contributed by atoms with Gasteiger partial charge in [-0.2, -0.15) is 0 Å². The fraction of sp³-hybridized carbons (Fsp3) is 0.0847. The number of furan rings is 1. The van der Waals surface area contributed by atoms with Crippen LogP contribution in [0, 0.1) is 0 Å². The van der Waals surface area contributed by atoms with Crippen LogP contribution in [0.25, 0.3) is 71.5 Å². The Morgan fingerprint density at radius 2 is 1.25 bits per heavy atom. The van der Waals surface area contributed by atoms with Crippen LogP contribution in [-0.2, 0) is 6.42 Å². The minimum absolute atomic E-state index is 0.250. The van der Waals surface area contributed by atoms with Crippen molar-refractivity contribution >= 4 is 90.0 Å². The van der Waals surface area contributed by atoms with E-state index in [0.29, 0.717) is 0 Å². The largest absolute Gasteiger partial charge is 0.466 e. The van der Waals surface area contributed by atoms with Gasteiger partial charge in [-0.3, -0.25) is 0 Å². The van der Waals surface area contributed by atoms with Crippen molar-refractivity contribution in [2.45, 2.75) is 32.6 Å². The first-order valence-electron chi connectivity index (χ1n) is 22.8. The van der Waals surface area contributed by atoms with E-state index < -0.39 is 0 Å². The number of aromatic nitrogens is 1. The van der Waals surface area contributed by atoms with E-state index in [4.69, 9.17) is 4.42 Å². The second kappa shape index (κ2) is 14.7. The van der Waals surface area contributed by atoms with Gasteiger partial charge >= 0.3 is 6.85 Å². The predicted molar refractivity (Wildman–Crippen MR) is 270 cm³/mol. The topological polar surface area (TPSA) is 24.6 Å². The van der Waals surface area contributed by atoms with Crippen LogP contribution >= 0.6 is 0 Å². The van der Waals surface area contributed by atoms with E-state index >= 15 is 0 Å². The maximum Gasteiger partial charge on any atom is 0.375 e. The average molecular weight is 822 g/mol. The molecule has 5 heteroatoms. The van der Waals surface area contributed by atoms with Crippen LogP contribution in [0.2, 0.25) is 0 Å². The SMILES string of the molecule is CCCCCc1ccc(N2B3c4oc5ccc(-c6ccccc6)cc5c4-n4c5c3c(cc(N(c3ccccc3)c3ccccc3)c5c3ccc5ccccc5c34)-c3ccccc32)cc1. The number of unbranched alkanes of at least 4 members (excludes halogenated alkanes) is 2. The van der Waals surface area contributed by atoms with Crippen LogP contribution in [0.4, 0.5) is 28.4 Å². The summed E-state index contributed by atoms with van der Waals surface area (Å²) in [6.45, 7) is 2.02. The predicted octanol–water partition coefficient (Wildman–Crippen LogP) is 14.8. The van der Waals surface area contributed by atoms with E-state index in [-0.39, 0.29) is 6.85 Å². The molecule has 11 aromatic rings. The smallest absolute Gasteiger partial charge is 0.375 e. The first-order chi connectivity index (χ1) is 31.7. The molecule has 0 saturated carbocycles. The average Bonchev–Trinajstić information content (AvgIpc) is 3.92. The van der Waals surface area contributed by atoms with Crippen molar-refractivity contribution in [3.63, 3.8) is 0 Å². The second-order valence-corrected chi connectivity index (χ2v) is 17.4. The summed E-state index contributed by atoms with van der Waals surface area (Å²) < 4.78 is 9.99. The third-order valence-electron chi connectivity index (χ3n) is 13.7. The number of hydrogen-bond donors (Lipinski definition) is 0. The Kier molecular flexibility index (Phi) is 8.45. The van der Waals surface area contributed by atoms with Gasteiger partial charge in [0.25, 0.3) is 0 Å². The van der Waals surface area contributed by atoms with Crippen molar-refractivity contribution in [1.82, 2.24) is 4.57 Å². The number of rotatable bonds is 9. The van der Waals surface area contributed by atoms with E-state index in [2.05, 4.69) is 221 Å². The molecule has 0 amide bonds. The van der Waals surface area contributed by atoms with Crippen LogP contribution in [0.5, 0.6) is 0 Å². The van der Waals surface area contributed by atoms with Gasteiger partial charge in [-0.25, -0.2) is 0 Å². The molecule has 0 spiro atoms. The summed E-state index contributed by atoms with van der Waals surface area (Å²) in [4.78, 5) is 5.03. The van der Waals surface area contributed by atoms with E-state index in [1.165, 1.54) is 90.8 Å². The highest BCUT2D eigenvalue weighted by atomic mass is 16.3. The Bertz CT molecular complexity index is 3540. The Labute approximate surface area is 373 Å². The monoisotopic (exact) mass is 821 g/mol. The van der Waals surface area contributed by atoms with Crippen LogP contribution in [0.3, 0.4) is 0 Å². The van der Waals surface area contributed by atoms with Crippen LogP contribution < -0.4 is 20.8 Å². The Morgan fingerprint density at radius 3 is 2.02 bits per heavy atom. The molecule has 9 aromatic carbocycles. The molecule has 0 bridgehead atoms. The molecule has 0 atom stereocenters. The third kappa shape index (κ3) is 5.50.